The number of halogens is 1. The quantitative estimate of drug-likeness (QED) is 0.800. The SMILES string of the molecule is CCC(C)Nc1cc(Br)nc(N)n1. The third-order valence-corrected chi connectivity index (χ3v) is 2.13. The number of hydrogen-bond donors (Lipinski definition) is 2. The van der Waals surface area contributed by atoms with E-state index in [4.69, 9.17) is 5.73 Å². The lowest BCUT2D eigenvalue weighted by Crippen LogP contribution is -2.15. The van der Waals surface area contributed by atoms with Crippen LogP contribution in [0.15, 0.2) is 10.7 Å². The normalized spacial score (nSPS) is 12.5. The van der Waals surface area contributed by atoms with Crippen molar-refractivity contribution in [3.63, 3.8) is 0 Å². The minimum absolute atomic E-state index is 0.278. The zero-order valence-corrected chi connectivity index (χ0v) is 9.30. The molecule has 4 nitrogen and oxygen atoms in total. The minimum atomic E-state index is 0.278. The van der Waals surface area contributed by atoms with Crippen LogP contribution in [0.4, 0.5) is 11.8 Å². The Hall–Kier alpha value is -0.840. The molecular weight excluding hydrogens is 232 g/mol. The lowest BCUT2D eigenvalue weighted by molar-refractivity contribution is 0.758. The summed E-state index contributed by atoms with van der Waals surface area (Å²) in [7, 11) is 0. The highest BCUT2D eigenvalue weighted by atomic mass is 79.9. The van der Waals surface area contributed by atoms with Crippen LogP contribution in [-0.4, -0.2) is 16.0 Å². The van der Waals surface area contributed by atoms with E-state index >= 15 is 0 Å². The van der Waals surface area contributed by atoms with Crippen molar-refractivity contribution in [3.8, 4) is 0 Å². The molecule has 0 amide bonds. The summed E-state index contributed by atoms with van der Waals surface area (Å²) in [5.74, 6) is 1.04. The molecule has 0 saturated heterocycles. The molecule has 0 aliphatic carbocycles. The summed E-state index contributed by atoms with van der Waals surface area (Å²) >= 11 is 3.25. The summed E-state index contributed by atoms with van der Waals surface area (Å²) in [5, 5.41) is 3.21. The van der Waals surface area contributed by atoms with Gasteiger partial charge >= 0.3 is 0 Å². The van der Waals surface area contributed by atoms with Gasteiger partial charge in [-0.1, -0.05) is 6.92 Å². The van der Waals surface area contributed by atoms with Gasteiger partial charge in [-0.15, -0.1) is 0 Å². The van der Waals surface area contributed by atoms with Crippen molar-refractivity contribution in [1.29, 1.82) is 0 Å². The van der Waals surface area contributed by atoms with Gasteiger partial charge in [0.15, 0.2) is 0 Å². The maximum Gasteiger partial charge on any atom is 0.223 e. The standard InChI is InChI=1S/C8H13BrN4/c1-3-5(2)11-7-4-6(9)12-8(10)13-7/h4-5H,3H2,1-2H3,(H3,10,11,12,13). The van der Waals surface area contributed by atoms with Gasteiger partial charge in [0.25, 0.3) is 0 Å². The van der Waals surface area contributed by atoms with Crippen molar-refractivity contribution in [2.45, 2.75) is 26.3 Å². The molecule has 0 bridgehead atoms. The first-order valence-corrected chi connectivity index (χ1v) is 4.97. The number of anilines is 2. The summed E-state index contributed by atoms with van der Waals surface area (Å²) in [5.41, 5.74) is 5.48. The highest BCUT2D eigenvalue weighted by molar-refractivity contribution is 9.10. The largest absolute Gasteiger partial charge is 0.368 e. The Labute approximate surface area is 86.1 Å². The monoisotopic (exact) mass is 244 g/mol. The second kappa shape index (κ2) is 4.41. The third kappa shape index (κ3) is 3.18. The molecule has 0 aliphatic rings. The van der Waals surface area contributed by atoms with E-state index in [1.165, 1.54) is 0 Å². The van der Waals surface area contributed by atoms with Crippen LogP contribution in [0.2, 0.25) is 0 Å². The van der Waals surface area contributed by atoms with E-state index < -0.39 is 0 Å². The number of nitrogen functional groups attached to an aromatic ring is 1. The van der Waals surface area contributed by atoms with Crippen LogP contribution < -0.4 is 11.1 Å². The Kier molecular flexibility index (Phi) is 3.48. The van der Waals surface area contributed by atoms with Crippen LogP contribution >= 0.6 is 15.9 Å². The van der Waals surface area contributed by atoms with Crippen molar-refractivity contribution in [1.82, 2.24) is 9.97 Å². The summed E-state index contributed by atoms with van der Waals surface area (Å²) in [6.45, 7) is 4.20. The van der Waals surface area contributed by atoms with E-state index in [1.54, 1.807) is 0 Å². The van der Waals surface area contributed by atoms with E-state index in [9.17, 15) is 0 Å². The van der Waals surface area contributed by atoms with E-state index in [-0.39, 0.29) is 5.95 Å². The Bertz CT molecular complexity index is 269. The molecule has 1 heterocycles. The zero-order valence-electron chi connectivity index (χ0n) is 7.71. The fourth-order valence-electron chi connectivity index (χ4n) is 0.864. The Morgan fingerprint density at radius 1 is 1.62 bits per heavy atom. The number of nitrogens with zero attached hydrogens (tertiary/aromatic N) is 2. The lowest BCUT2D eigenvalue weighted by atomic mass is 10.2. The second-order valence-electron chi connectivity index (χ2n) is 2.89. The van der Waals surface area contributed by atoms with Crippen molar-refractivity contribution >= 4 is 27.7 Å². The number of aromatic nitrogens is 2. The predicted octanol–water partition coefficient (Wildman–Crippen LogP) is 2.03. The molecule has 0 aromatic carbocycles. The minimum Gasteiger partial charge on any atom is -0.368 e. The van der Waals surface area contributed by atoms with Crippen LogP contribution in [0.3, 0.4) is 0 Å². The first-order valence-electron chi connectivity index (χ1n) is 4.18. The molecule has 13 heavy (non-hydrogen) atoms. The van der Waals surface area contributed by atoms with Crippen LogP contribution in [-0.2, 0) is 0 Å². The maximum absolute atomic E-state index is 5.48. The Balaban J connectivity index is 2.77. The Morgan fingerprint density at radius 3 is 2.85 bits per heavy atom. The summed E-state index contributed by atoms with van der Waals surface area (Å²) in [6.07, 6.45) is 1.04. The van der Waals surface area contributed by atoms with Crippen LogP contribution in [0.25, 0.3) is 0 Å². The number of nitrogens with one attached hydrogen (secondary N) is 1. The third-order valence-electron chi connectivity index (χ3n) is 1.72. The van der Waals surface area contributed by atoms with Gasteiger partial charge in [0.1, 0.15) is 10.4 Å². The number of nitrogens with two attached hydrogens (primary N) is 1. The highest BCUT2D eigenvalue weighted by Crippen LogP contribution is 2.14. The zero-order chi connectivity index (χ0) is 9.84. The smallest absolute Gasteiger partial charge is 0.223 e. The van der Waals surface area contributed by atoms with Gasteiger partial charge in [-0.05, 0) is 29.3 Å². The molecule has 0 aliphatic heterocycles. The summed E-state index contributed by atoms with van der Waals surface area (Å²) in [6, 6.07) is 2.20. The summed E-state index contributed by atoms with van der Waals surface area (Å²) < 4.78 is 0.700. The van der Waals surface area contributed by atoms with Gasteiger partial charge in [-0.3, -0.25) is 0 Å². The van der Waals surface area contributed by atoms with Crippen molar-refractivity contribution in [3.05, 3.63) is 10.7 Å². The maximum atomic E-state index is 5.48. The van der Waals surface area contributed by atoms with E-state index in [0.717, 1.165) is 12.2 Å². The predicted molar refractivity (Wildman–Crippen MR) is 57.5 cm³/mol. The number of rotatable bonds is 3. The molecule has 0 fully saturated rings. The highest BCUT2D eigenvalue weighted by Gasteiger charge is 2.02. The Morgan fingerprint density at radius 2 is 2.31 bits per heavy atom. The molecule has 3 N–H and O–H groups in total. The molecule has 72 valence electrons. The summed E-state index contributed by atoms with van der Waals surface area (Å²) in [4.78, 5) is 7.96. The van der Waals surface area contributed by atoms with Gasteiger partial charge in [0.2, 0.25) is 5.95 Å². The number of hydrogen-bond acceptors (Lipinski definition) is 4. The van der Waals surface area contributed by atoms with Crippen LogP contribution in [0, 0.1) is 0 Å². The van der Waals surface area contributed by atoms with Gasteiger partial charge < -0.3 is 11.1 Å². The van der Waals surface area contributed by atoms with Gasteiger partial charge in [-0.2, -0.15) is 4.98 Å². The average molecular weight is 245 g/mol. The van der Waals surface area contributed by atoms with Crippen molar-refractivity contribution in [2.75, 3.05) is 11.1 Å². The first-order chi connectivity index (χ1) is 6.11. The van der Waals surface area contributed by atoms with Crippen LogP contribution in [0.1, 0.15) is 20.3 Å². The molecule has 1 unspecified atom stereocenters. The fraction of sp³-hybridized carbons (Fsp3) is 0.500. The topological polar surface area (TPSA) is 63.8 Å². The molecular formula is C8H13BrN4. The molecule has 1 aromatic heterocycles. The average Bonchev–Trinajstić information content (AvgIpc) is 2.02. The molecule has 0 saturated carbocycles. The lowest BCUT2D eigenvalue weighted by Gasteiger charge is -2.11. The molecule has 5 heteroatoms. The van der Waals surface area contributed by atoms with E-state index in [2.05, 4.69) is 45.1 Å². The molecule has 1 atom stereocenters. The second-order valence-corrected chi connectivity index (χ2v) is 3.70. The fourth-order valence-corrected chi connectivity index (χ4v) is 1.26. The molecule has 0 radical (unpaired) electrons. The van der Waals surface area contributed by atoms with Crippen molar-refractivity contribution < 1.29 is 0 Å². The van der Waals surface area contributed by atoms with Gasteiger partial charge in [0.05, 0.1) is 0 Å². The van der Waals surface area contributed by atoms with Crippen molar-refractivity contribution in [2.24, 2.45) is 0 Å². The van der Waals surface area contributed by atoms with Gasteiger partial charge in [-0.25, -0.2) is 4.98 Å². The molecule has 0 spiro atoms. The molecule has 1 rings (SSSR count). The van der Waals surface area contributed by atoms with E-state index in [1.807, 2.05) is 6.07 Å². The van der Waals surface area contributed by atoms with E-state index in [0.29, 0.717) is 10.6 Å². The van der Waals surface area contributed by atoms with Gasteiger partial charge in [0, 0.05) is 12.1 Å². The first kappa shape index (κ1) is 10.2. The molecule has 1 aromatic rings. The van der Waals surface area contributed by atoms with Crippen LogP contribution in [0.5, 0.6) is 0 Å².